The fraction of sp³-hybridized carbons (Fsp3) is 0.750. The van der Waals surface area contributed by atoms with Crippen molar-refractivity contribution in [2.24, 2.45) is 0 Å². The second-order valence-corrected chi connectivity index (χ2v) is 2.12. The summed E-state index contributed by atoms with van der Waals surface area (Å²) in [5.41, 5.74) is 0. The van der Waals surface area contributed by atoms with Gasteiger partial charge in [0.1, 0.15) is 0 Å². The van der Waals surface area contributed by atoms with Crippen LogP contribution in [0.1, 0.15) is 0 Å². The highest BCUT2D eigenvalue weighted by Crippen LogP contribution is 2.14. The number of hydrogen-bond acceptors (Lipinski definition) is 4. The van der Waals surface area contributed by atoms with Crippen molar-refractivity contribution in [2.75, 3.05) is 13.7 Å². The van der Waals surface area contributed by atoms with Crippen LogP contribution >= 0.6 is 8.25 Å². The zero-order valence-corrected chi connectivity index (χ0v) is 7.71. The Morgan fingerprint density at radius 1 is 1.43 bits per heavy atom. The SMILES string of the molecule is COC(=O)OCC(F)(F)F.O=[P+](O)O. The lowest BCUT2D eigenvalue weighted by molar-refractivity contribution is -0.164. The second kappa shape index (κ2) is 7.48. The molecule has 0 spiro atoms. The molecule has 84 valence electrons. The van der Waals surface area contributed by atoms with E-state index in [-0.39, 0.29) is 0 Å². The molecular formula is C4H7F3O6P+. The van der Waals surface area contributed by atoms with Gasteiger partial charge in [0.25, 0.3) is 0 Å². The highest BCUT2D eigenvalue weighted by molar-refractivity contribution is 7.30. The Morgan fingerprint density at radius 3 is 2.00 bits per heavy atom. The fourth-order valence-corrected chi connectivity index (χ4v) is 0.200. The Morgan fingerprint density at radius 2 is 1.79 bits per heavy atom. The number of methoxy groups -OCH3 is 1. The number of halogens is 3. The first-order valence-electron chi connectivity index (χ1n) is 2.81. The first-order chi connectivity index (χ1) is 6.19. The summed E-state index contributed by atoms with van der Waals surface area (Å²) in [6.07, 6.45) is -5.83. The topological polar surface area (TPSA) is 93.1 Å². The largest absolute Gasteiger partial charge is 0.692 e. The molecule has 0 saturated heterocycles. The van der Waals surface area contributed by atoms with Gasteiger partial charge in [0.05, 0.1) is 7.11 Å². The molecule has 14 heavy (non-hydrogen) atoms. The van der Waals surface area contributed by atoms with Gasteiger partial charge >= 0.3 is 20.6 Å². The number of ether oxygens (including phenoxy) is 2. The number of carbonyl (C=O) groups is 1. The van der Waals surface area contributed by atoms with Crippen molar-refractivity contribution in [1.29, 1.82) is 0 Å². The van der Waals surface area contributed by atoms with Gasteiger partial charge in [-0.15, -0.1) is 9.79 Å². The van der Waals surface area contributed by atoms with Crippen molar-refractivity contribution >= 4 is 14.4 Å². The Labute approximate surface area is 77.2 Å². The standard InChI is InChI=1S/C4H5F3O3.HO3P/c1-9-3(8)10-2-4(5,6)7;1-4(2)3/h2H2,1H3;(H-,1,2,3)/p+1. The van der Waals surface area contributed by atoms with E-state index in [0.717, 1.165) is 7.11 Å². The van der Waals surface area contributed by atoms with Crippen LogP contribution in [0.2, 0.25) is 0 Å². The number of hydrogen-bond donors (Lipinski definition) is 2. The summed E-state index contributed by atoms with van der Waals surface area (Å²) in [6, 6.07) is 0. The highest BCUT2D eigenvalue weighted by atomic mass is 31.1. The van der Waals surface area contributed by atoms with Crippen molar-refractivity contribution in [1.82, 2.24) is 0 Å². The third-order valence-electron chi connectivity index (χ3n) is 0.520. The molecule has 0 saturated carbocycles. The Balaban J connectivity index is 0. The molecule has 0 aliphatic heterocycles. The number of carbonyl (C=O) groups excluding carboxylic acids is 1. The van der Waals surface area contributed by atoms with Gasteiger partial charge in [-0.2, -0.15) is 13.2 Å². The summed E-state index contributed by atoms with van der Waals surface area (Å²) in [4.78, 5) is 24.2. The van der Waals surface area contributed by atoms with Crippen LogP contribution in [-0.2, 0) is 14.0 Å². The van der Waals surface area contributed by atoms with E-state index in [1.165, 1.54) is 0 Å². The average Bonchev–Trinajstić information content (AvgIpc) is 1.97. The first kappa shape index (κ1) is 15.5. The van der Waals surface area contributed by atoms with Crippen LogP contribution in [0.3, 0.4) is 0 Å². The van der Waals surface area contributed by atoms with Crippen molar-refractivity contribution in [3.05, 3.63) is 0 Å². The summed E-state index contributed by atoms with van der Waals surface area (Å²) < 4.78 is 49.7. The highest BCUT2D eigenvalue weighted by Gasteiger charge is 2.29. The minimum atomic E-state index is -4.49. The van der Waals surface area contributed by atoms with Gasteiger partial charge in [-0.1, -0.05) is 0 Å². The van der Waals surface area contributed by atoms with E-state index in [2.05, 4.69) is 9.47 Å². The van der Waals surface area contributed by atoms with Crippen LogP contribution < -0.4 is 0 Å². The molecule has 6 nitrogen and oxygen atoms in total. The maximum absolute atomic E-state index is 11.2. The third-order valence-corrected chi connectivity index (χ3v) is 0.520. The van der Waals surface area contributed by atoms with E-state index in [4.69, 9.17) is 14.4 Å². The molecule has 0 fully saturated rings. The molecule has 0 aliphatic rings. The summed E-state index contributed by atoms with van der Waals surface area (Å²) in [6.45, 7) is -1.61. The van der Waals surface area contributed by atoms with Gasteiger partial charge in [-0.3, -0.25) is 0 Å². The lowest BCUT2D eigenvalue weighted by Gasteiger charge is -2.05. The summed E-state index contributed by atoms with van der Waals surface area (Å²) >= 11 is 0. The van der Waals surface area contributed by atoms with Gasteiger partial charge < -0.3 is 9.47 Å². The van der Waals surface area contributed by atoms with E-state index in [1.54, 1.807) is 0 Å². The smallest absolute Gasteiger partial charge is 0.438 e. The van der Waals surface area contributed by atoms with Crippen LogP contribution in [0.4, 0.5) is 18.0 Å². The monoisotopic (exact) mass is 239 g/mol. The van der Waals surface area contributed by atoms with Crippen LogP contribution in [-0.4, -0.2) is 35.8 Å². The van der Waals surface area contributed by atoms with E-state index >= 15 is 0 Å². The predicted octanol–water partition coefficient (Wildman–Crippen LogP) is 0.960. The third kappa shape index (κ3) is 22.5. The maximum Gasteiger partial charge on any atom is 0.692 e. The molecule has 0 rings (SSSR count). The minimum Gasteiger partial charge on any atom is -0.438 e. The molecule has 0 unspecified atom stereocenters. The molecule has 2 N–H and O–H groups in total. The fourth-order valence-electron chi connectivity index (χ4n) is 0.200. The van der Waals surface area contributed by atoms with E-state index < -0.39 is 27.2 Å². The molecule has 0 amide bonds. The summed E-state index contributed by atoms with van der Waals surface area (Å²) in [5, 5.41) is 0. The van der Waals surface area contributed by atoms with Crippen molar-refractivity contribution < 1.29 is 41.8 Å². The molecule has 10 heteroatoms. The first-order valence-corrected chi connectivity index (χ1v) is 3.98. The predicted molar refractivity (Wildman–Crippen MR) is 36.5 cm³/mol. The molecule has 0 heterocycles. The second-order valence-electron chi connectivity index (χ2n) is 1.61. The van der Waals surface area contributed by atoms with Crippen molar-refractivity contribution in [3.8, 4) is 0 Å². The van der Waals surface area contributed by atoms with E-state index in [9.17, 15) is 18.0 Å². The van der Waals surface area contributed by atoms with Gasteiger partial charge in [0, 0.05) is 4.57 Å². The molecule has 0 atom stereocenters. The molecule has 0 radical (unpaired) electrons. The number of rotatable bonds is 1. The Hall–Kier alpha value is -0.920. The van der Waals surface area contributed by atoms with E-state index in [1.807, 2.05) is 0 Å². The maximum atomic E-state index is 11.2. The van der Waals surface area contributed by atoms with Crippen molar-refractivity contribution in [3.63, 3.8) is 0 Å². The van der Waals surface area contributed by atoms with Gasteiger partial charge in [0.2, 0.25) is 0 Å². The zero-order valence-electron chi connectivity index (χ0n) is 6.82. The van der Waals surface area contributed by atoms with Crippen LogP contribution in [0.25, 0.3) is 0 Å². The minimum absolute atomic E-state index is 0.929. The van der Waals surface area contributed by atoms with Gasteiger partial charge in [0.15, 0.2) is 6.61 Å². The molecule has 0 aliphatic carbocycles. The van der Waals surface area contributed by atoms with Gasteiger partial charge in [-0.05, 0) is 0 Å². The molecule has 0 bridgehead atoms. The molecule has 0 aromatic rings. The molecule has 0 aromatic heterocycles. The number of alkyl halides is 3. The Kier molecular flexibility index (Phi) is 8.31. The average molecular weight is 239 g/mol. The van der Waals surface area contributed by atoms with Crippen LogP contribution in [0.15, 0.2) is 0 Å². The van der Waals surface area contributed by atoms with Gasteiger partial charge in [-0.25, -0.2) is 4.79 Å². The van der Waals surface area contributed by atoms with Crippen LogP contribution in [0.5, 0.6) is 0 Å². The quantitative estimate of drug-likeness (QED) is 0.522. The lowest BCUT2D eigenvalue weighted by atomic mass is 10.7. The summed E-state index contributed by atoms with van der Waals surface area (Å²) in [7, 11) is -1.94. The zero-order chi connectivity index (χ0) is 11.8. The Bertz CT molecular complexity index is 188. The molecule has 0 aromatic carbocycles. The van der Waals surface area contributed by atoms with Crippen molar-refractivity contribution in [2.45, 2.75) is 6.18 Å². The lowest BCUT2D eigenvalue weighted by Crippen LogP contribution is -2.20. The molecular weight excluding hydrogens is 232 g/mol. The summed E-state index contributed by atoms with van der Waals surface area (Å²) in [5.74, 6) is 0. The van der Waals surface area contributed by atoms with E-state index in [0.29, 0.717) is 0 Å². The normalized spacial score (nSPS) is 9.57. The van der Waals surface area contributed by atoms with Crippen LogP contribution in [0, 0.1) is 0 Å².